The summed E-state index contributed by atoms with van der Waals surface area (Å²) in [7, 11) is 0. The summed E-state index contributed by atoms with van der Waals surface area (Å²) in [6.07, 6.45) is 3.40. The maximum atomic E-state index is 13.3. The van der Waals surface area contributed by atoms with Crippen LogP contribution < -0.4 is 21.7 Å². The number of hydrogen-bond acceptors (Lipinski definition) is 6. The summed E-state index contributed by atoms with van der Waals surface area (Å²) in [4.78, 5) is 50.8. The second kappa shape index (κ2) is 16.2. The van der Waals surface area contributed by atoms with Crippen LogP contribution in [0.5, 0.6) is 0 Å². The molecule has 0 aromatic heterocycles. The van der Waals surface area contributed by atoms with Crippen LogP contribution in [0.15, 0.2) is 30.3 Å². The zero-order valence-corrected chi connectivity index (χ0v) is 22.8. The monoisotopic (exact) mass is 522 g/mol. The number of amides is 3. The molecule has 0 spiro atoms. The van der Waals surface area contributed by atoms with Gasteiger partial charge < -0.3 is 26.8 Å². The minimum atomic E-state index is -1.13. The van der Waals surface area contributed by atoms with Crippen molar-refractivity contribution in [1.82, 2.24) is 16.0 Å². The van der Waals surface area contributed by atoms with Gasteiger partial charge in [-0.25, -0.2) is 4.79 Å². The second-order valence-electron chi connectivity index (χ2n) is 9.53. The summed E-state index contributed by atoms with van der Waals surface area (Å²) in [5, 5.41) is 17.6. The Balaban J connectivity index is 3.11. The molecule has 0 saturated carbocycles. The van der Waals surface area contributed by atoms with Crippen LogP contribution in [0.1, 0.15) is 52.5 Å². The minimum absolute atomic E-state index is 0.0504. The number of rotatable bonds is 16. The molecule has 1 rings (SSSR count). The lowest BCUT2D eigenvalue weighted by atomic mass is 9.98. The minimum Gasteiger partial charge on any atom is -0.480 e. The van der Waals surface area contributed by atoms with Gasteiger partial charge in [0.25, 0.3) is 0 Å². The number of carboxylic acid groups (broad SMARTS) is 1. The third-order valence-corrected chi connectivity index (χ3v) is 6.68. The fourth-order valence-corrected chi connectivity index (χ4v) is 4.05. The number of hydrogen-bond donors (Lipinski definition) is 5. The fourth-order valence-electron chi connectivity index (χ4n) is 3.58. The van der Waals surface area contributed by atoms with E-state index in [1.807, 2.05) is 64.3 Å². The van der Waals surface area contributed by atoms with Gasteiger partial charge in [-0.3, -0.25) is 14.4 Å². The van der Waals surface area contributed by atoms with Gasteiger partial charge in [0.15, 0.2) is 0 Å². The SMILES string of the molecule is CCC(C)C(N)C(=O)NC(CCSC)C(=O)NC(Cc1ccccc1)C(=O)NC(CC(C)C)C(=O)O. The van der Waals surface area contributed by atoms with Crippen LogP contribution in [0.25, 0.3) is 0 Å². The van der Waals surface area contributed by atoms with Crippen LogP contribution in [0.2, 0.25) is 0 Å². The van der Waals surface area contributed by atoms with E-state index in [4.69, 9.17) is 5.73 Å². The molecule has 0 aliphatic rings. The molecular weight excluding hydrogens is 480 g/mol. The van der Waals surface area contributed by atoms with Gasteiger partial charge in [0.2, 0.25) is 17.7 Å². The number of carbonyl (C=O) groups is 4. The van der Waals surface area contributed by atoms with Gasteiger partial charge in [-0.2, -0.15) is 11.8 Å². The highest BCUT2D eigenvalue weighted by atomic mass is 32.2. The van der Waals surface area contributed by atoms with E-state index < -0.39 is 47.9 Å². The average Bonchev–Trinajstić information content (AvgIpc) is 2.84. The van der Waals surface area contributed by atoms with Crippen molar-refractivity contribution in [3.05, 3.63) is 35.9 Å². The molecule has 5 unspecified atom stereocenters. The van der Waals surface area contributed by atoms with Crippen molar-refractivity contribution in [3.63, 3.8) is 0 Å². The first kappa shape index (κ1) is 31.4. The van der Waals surface area contributed by atoms with Crippen molar-refractivity contribution in [2.24, 2.45) is 17.6 Å². The number of benzene rings is 1. The van der Waals surface area contributed by atoms with E-state index in [0.717, 1.165) is 12.0 Å². The molecule has 0 saturated heterocycles. The van der Waals surface area contributed by atoms with Crippen molar-refractivity contribution in [3.8, 4) is 0 Å². The molecule has 202 valence electrons. The average molecular weight is 523 g/mol. The maximum absolute atomic E-state index is 13.3. The van der Waals surface area contributed by atoms with Crippen molar-refractivity contribution in [1.29, 1.82) is 0 Å². The van der Waals surface area contributed by atoms with E-state index in [2.05, 4.69) is 16.0 Å². The predicted octanol–water partition coefficient (Wildman–Crippen LogP) is 1.94. The number of thioether (sulfide) groups is 1. The Morgan fingerprint density at radius 2 is 1.47 bits per heavy atom. The zero-order chi connectivity index (χ0) is 27.3. The molecule has 9 nitrogen and oxygen atoms in total. The van der Waals surface area contributed by atoms with Crippen molar-refractivity contribution in [2.75, 3.05) is 12.0 Å². The lowest BCUT2D eigenvalue weighted by molar-refractivity contribution is -0.142. The Kier molecular flexibility index (Phi) is 14.2. The normalized spacial score (nSPS) is 15.3. The maximum Gasteiger partial charge on any atom is 0.326 e. The molecule has 0 aliphatic carbocycles. The number of aliphatic carboxylic acids is 1. The molecule has 1 aromatic rings. The van der Waals surface area contributed by atoms with Gasteiger partial charge in [0.1, 0.15) is 18.1 Å². The van der Waals surface area contributed by atoms with E-state index in [-0.39, 0.29) is 24.7 Å². The molecular formula is C26H42N4O5S. The Bertz CT molecular complexity index is 852. The van der Waals surface area contributed by atoms with Crippen LogP contribution in [0, 0.1) is 11.8 Å². The third kappa shape index (κ3) is 11.0. The van der Waals surface area contributed by atoms with Gasteiger partial charge in [0.05, 0.1) is 6.04 Å². The molecule has 0 bridgehead atoms. The molecule has 3 amide bonds. The van der Waals surface area contributed by atoms with E-state index in [9.17, 15) is 24.3 Å². The molecule has 5 atom stereocenters. The number of carbonyl (C=O) groups excluding carboxylic acids is 3. The largest absolute Gasteiger partial charge is 0.480 e. The van der Waals surface area contributed by atoms with Crippen LogP contribution in [0.4, 0.5) is 0 Å². The summed E-state index contributed by atoms with van der Waals surface area (Å²) in [6, 6.07) is 5.41. The van der Waals surface area contributed by atoms with Gasteiger partial charge in [-0.05, 0) is 42.2 Å². The van der Waals surface area contributed by atoms with E-state index in [0.29, 0.717) is 12.2 Å². The summed E-state index contributed by atoms with van der Waals surface area (Å²) in [5.41, 5.74) is 6.86. The van der Waals surface area contributed by atoms with Gasteiger partial charge in [-0.1, -0.05) is 64.4 Å². The molecule has 36 heavy (non-hydrogen) atoms. The standard InChI is InChI=1S/C26H42N4O5S/c1-6-17(4)22(27)25(33)28-19(12-13-36-5)23(31)29-20(15-18-10-8-7-9-11-18)24(32)30-21(26(34)35)14-16(2)3/h7-11,16-17,19-22H,6,12-15,27H2,1-5H3,(H,28,33)(H,29,31)(H,30,32)(H,34,35). The van der Waals surface area contributed by atoms with E-state index in [1.54, 1.807) is 0 Å². The Morgan fingerprint density at radius 3 is 2.00 bits per heavy atom. The van der Waals surface area contributed by atoms with E-state index in [1.165, 1.54) is 11.8 Å². The fraction of sp³-hybridized carbons (Fsp3) is 0.615. The summed E-state index contributed by atoms with van der Waals surface area (Å²) < 4.78 is 0. The smallest absolute Gasteiger partial charge is 0.326 e. The van der Waals surface area contributed by atoms with Gasteiger partial charge in [0, 0.05) is 6.42 Å². The summed E-state index contributed by atoms with van der Waals surface area (Å²) >= 11 is 1.53. The van der Waals surface area contributed by atoms with Crippen molar-refractivity contribution in [2.45, 2.75) is 77.5 Å². The lowest BCUT2D eigenvalue weighted by Crippen LogP contribution is -2.58. The van der Waals surface area contributed by atoms with Crippen LogP contribution in [0.3, 0.4) is 0 Å². The van der Waals surface area contributed by atoms with Crippen LogP contribution >= 0.6 is 11.8 Å². The molecule has 6 N–H and O–H groups in total. The molecule has 0 radical (unpaired) electrons. The summed E-state index contributed by atoms with van der Waals surface area (Å²) in [5.74, 6) is -2.05. The molecule has 0 fully saturated rings. The van der Waals surface area contributed by atoms with Crippen molar-refractivity contribution < 1.29 is 24.3 Å². The van der Waals surface area contributed by atoms with Gasteiger partial charge in [-0.15, -0.1) is 0 Å². The van der Waals surface area contributed by atoms with Crippen molar-refractivity contribution >= 4 is 35.5 Å². The Hall–Kier alpha value is -2.59. The highest BCUT2D eigenvalue weighted by Gasteiger charge is 2.31. The molecule has 0 heterocycles. The first-order valence-corrected chi connectivity index (χ1v) is 13.8. The van der Waals surface area contributed by atoms with Crippen LogP contribution in [-0.4, -0.2) is 65.0 Å². The first-order chi connectivity index (χ1) is 17.0. The number of nitrogens with two attached hydrogens (primary N) is 1. The highest BCUT2D eigenvalue weighted by molar-refractivity contribution is 7.98. The summed E-state index contributed by atoms with van der Waals surface area (Å²) in [6.45, 7) is 7.55. The third-order valence-electron chi connectivity index (χ3n) is 6.04. The molecule has 10 heteroatoms. The molecule has 1 aromatic carbocycles. The van der Waals surface area contributed by atoms with Gasteiger partial charge >= 0.3 is 5.97 Å². The van der Waals surface area contributed by atoms with E-state index >= 15 is 0 Å². The quantitative estimate of drug-likeness (QED) is 0.223. The zero-order valence-electron chi connectivity index (χ0n) is 22.0. The Morgan fingerprint density at radius 1 is 0.917 bits per heavy atom. The molecule has 0 aliphatic heterocycles. The highest BCUT2D eigenvalue weighted by Crippen LogP contribution is 2.10. The second-order valence-corrected chi connectivity index (χ2v) is 10.5. The predicted molar refractivity (Wildman–Crippen MR) is 143 cm³/mol. The lowest BCUT2D eigenvalue weighted by Gasteiger charge is -2.26. The first-order valence-electron chi connectivity index (χ1n) is 12.4. The number of carboxylic acids is 1. The van der Waals surface area contributed by atoms with Crippen LogP contribution in [-0.2, 0) is 25.6 Å². The topological polar surface area (TPSA) is 151 Å². The number of nitrogens with one attached hydrogen (secondary N) is 3. The Labute approximate surface area is 218 Å².